The molecule has 4 nitrogen and oxygen atoms in total. The summed E-state index contributed by atoms with van der Waals surface area (Å²) in [5, 5.41) is 19.4. The fourth-order valence-electron chi connectivity index (χ4n) is 2.30. The summed E-state index contributed by atoms with van der Waals surface area (Å²) in [6.45, 7) is 6.27. The zero-order valence-corrected chi connectivity index (χ0v) is 12.3. The first-order valence-corrected chi connectivity index (χ1v) is 6.33. The summed E-state index contributed by atoms with van der Waals surface area (Å²) < 4.78 is 0. The van der Waals surface area contributed by atoms with E-state index in [9.17, 15) is 9.90 Å². The summed E-state index contributed by atoms with van der Waals surface area (Å²) in [7, 11) is 3.87. The number of rotatable bonds is 5. The lowest BCUT2D eigenvalue weighted by Crippen LogP contribution is -2.23. The zero-order chi connectivity index (χ0) is 14.8. The second-order valence-electron chi connectivity index (χ2n) is 6.01. The van der Waals surface area contributed by atoms with Crippen LogP contribution in [0.25, 0.3) is 0 Å². The maximum Gasteiger partial charge on any atom is 0.304 e. The van der Waals surface area contributed by atoms with Crippen LogP contribution < -0.4 is 0 Å². The molecule has 0 aliphatic rings. The number of phenols is 1. The highest BCUT2D eigenvalue weighted by molar-refractivity contribution is 5.69. The molecule has 0 aliphatic heterocycles. The highest BCUT2D eigenvalue weighted by Crippen LogP contribution is 2.37. The third-order valence-corrected chi connectivity index (χ3v) is 3.14. The third kappa shape index (κ3) is 3.96. The SMILES string of the molecule is Cc1cc(CN(C)C)c(O)c(C(C)(C)CC(=O)O)c1. The number of aromatic hydroxyl groups is 1. The molecule has 1 aromatic rings. The molecule has 1 rings (SSSR count). The molecule has 0 bridgehead atoms. The van der Waals surface area contributed by atoms with E-state index < -0.39 is 11.4 Å². The third-order valence-electron chi connectivity index (χ3n) is 3.14. The van der Waals surface area contributed by atoms with Gasteiger partial charge >= 0.3 is 5.97 Å². The molecular weight excluding hydrogens is 242 g/mol. The van der Waals surface area contributed by atoms with Crippen molar-refractivity contribution in [2.24, 2.45) is 0 Å². The van der Waals surface area contributed by atoms with E-state index in [0.717, 1.165) is 11.1 Å². The molecule has 0 unspecified atom stereocenters. The molecule has 0 fully saturated rings. The summed E-state index contributed by atoms with van der Waals surface area (Å²) in [6, 6.07) is 3.81. The predicted molar refractivity (Wildman–Crippen MR) is 75.5 cm³/mol. The van der Waals surface area contributed by atoms with Crippen molar-refractivity contribution in [1.82, 2.24) is 4.90 Å². The Balaban J connectivity index is 3.27. The number of carbonyl (C=O) groups is 1. The van der Waals surface area contributed by atoms with Gasteiger partial charge in [0.1, 0.15) is 5.75 Å². The minimum absolute atomic E-state index is 0.00851. The first-order chi connectivity index (χ1) is 8.63. The van der Waals surface area contributed by atoms with E-state index in [-0.39, 0.29) is 12.2 Å². The molecule has 2 N–H and O–H groups in total. The number of benzene rings is 1. The van der Waals surface area contributed by atoms with Gasteiger partial charge in [0, 0.05) is 23.1 Å². The lowest BCUT2D eigenvalue weighted by atomic mass is 9.79. The van der Waals surface area contributed by atoms with Crippen LogP contribution in [0.5, 0.6) is 5.75 Å². The Bertz CT molecular complexity index is 479. The number of hydrogen-bond donors (Lipinski definition) is 2. The molecule has 0 heterocycles. The van der Waals surface area contributed by atoms with Crippen molar-refractivity contribution in [2.75, 3.05) is 14.1 Å². The molecule has 0 aliphatic carbocycles. The van der Waals surface area contributed by atoms with Crippen molar-refractivity contribution >= 4 is 5.97 Å². The highest BCUT2D eigenvalue weighted by Gasteiger charge is 2.28. The second kappa shape index (κ2) is 5.61. The monoisotopic (exact) mass is 265 g/mol. The Morgan fingerprint density at radius 3 is 2.37 bits per heavy atom. The van der Waals surface area contributed by atoms with Crippen LogP contribution in [0, 0.1) is 6.92 Å². The van der Waals surface area contributed by atoms with Crippen molar-refractivity contribution in [3.63, 3.8) is 0 Å². The van der Waals surface area contributed by atoms with Gasteiger partial charge in [0.05, 0.1) is 6.42 Å². The van der Waals surface area contributed by atoms with Gasteiger partial charge in [-0.2, -0.15) is 0 Å². The molecule has 0 atom stereocenters. The van der Waals surface area contributed by atoms with Crippen LogP contribution in [0.1, 0.15) is 37.0 Å². The molecule has 0 radical (unpaired) electrons. The van der Waals surface area contributed by atoms with E-state index in [0.29, 0.717) is 12.1 Å². The number of carboxylic acid groups (broad SMARTS) is 1. The number of nitrogens with zero attached hydrogens (tertiary/aromatic N) is 1. The number of carboxylic acids is 1. The molecule has 106 valence electrons. The largest absolute Gasteiger partial charge is 0.507 e. The van der Waals surface area contributed by atoms with Crippen LogP contribution in [0.3, 0.4) is 0 Å². The van der Waals surface area contributed by atoms with Crippen LogP contribution in [0.2, 0.25) is 0 Å². The summed E-state index contributed by atoms with van der Waals surface area (Å²) in [5.41, 5.74) is 1.97. The fourth-order valence-corrected chi connectivity index (χ4v) is 2.30. The standard InChI is InChI=1S/C15H23NO3/c1-10-6-11(9-16(4)5)14(19)12(7-10)15(2,3)8-13(17)18/h6-7,19H,8-9H2,1-5H3,(H,17,18). The summed E-state index contributed by atoms with van der Waals surface area (Å²) in [6.07, 6.45) is -0.00851. The summed E-state index contributed by atoms with van der Waals surface area (Å²) >= 11 is 0. The smallest absolute Gasteiger partial charge is 0.304 e. The first kappa shape index (κ1) is 15.5. The second-order valence-corrected chi connectivity index (χ2v) is 6.01. The van der Waals surface area contributed by atoms with Gasteiger partial charge in [-0.15, -0.1) is 0 Å². The lowest BCUT2D eigenvalue weighted by Gasteiger charge is -2.26. The lowest BCUT2D eigenvalue weighted by molar-refractivity contribution is -0.138. The first-order valence-electron chi connectivity index (χ1n) is 6.33. The Labute approximate surface area is 114 Å². The normalized spacial score (nSPS) is 11.9. The highest BCUT2D eigenvalue weighted by atomic mass is 16.4. The minimum atomic E-state index is -0.861. The molecule has 0 aromatic heterocycles. The van der Waals surface area contributed by atoms with Gasteiger partial charge in [0.25, 0.3) is 0 Å². The average molecular weight is 265 g/mol. The van der Waals surface area contributed by atoms with Gasteiger partial charge in [0.2, 0.25) is 0 Å². The van der Waals surface area contributed by atoms with Crippen LogP contribution in [0.15, 0.2) is 12.1 Å². The quantitative estimate of drug-likeness (QED) is 0.858. The molecular formula is C15H23NO3. The topological polar surface area (TPSA) is 60.8 Å². The van der Waals surface area contributed by atoms with Crippen LogP contribution in [0.4, 0.5) is 0 Å². The van der Waals surface area contributed by atoms with Crippen molar-refractivity contribution in [2.45, 2.75) is 39.2 Å². The Kier molecular flexibility index (Phi) is 4.58. The minimum Gasteiger partial charge on any atom is -0.507 e. The van der Waals surface area contributed by atoms with E-state index >= 15 is 0 Å². The summed E-state index contributed by atoms with van der Waals surface area (Å²) in [5.74, 6) is -0.648. The van der Waals surface area contributed by atoms with Gasteiger partial charge < -0.3 is 15.1 Å². The van der Waals surface area contributed by atoms with E-state index in [1.54, 1.807) is 0 Å². The number of phenolic OH excluding ortho intramolecular Hbond substituents is 1. The van der Waals surface area contributed by atoms with E-state index in [1.165, 1.54) is 0 Å². The van der Waals surface area contributed by atoms with E-state index in [4.69, 9.17) is 5.11 Å². The number of aryl methyl sites for hydroxylation is 1. The van der Waals surface area contributed by atoms with Gasteiger partial charge in [-0.05, 0) is 21.0 Å². The van der Waals surface area contributed by atoms with Gasteiger partial charge in [-0.3, -0.25) is 4.79 Å². The van der Waals surface area contributed by atoms with Crippen LogP contribution >= 0.6 is 0 Å². The Morgan fingerprint density at radius 1 is 1.32 bits per heavy atom. The van der Waals surface area contributed by atoms with Gasteiger partial charge in [-0.1, -0.05) is 31.5 Å². The zero-order valence-electron chi connectivity index (χ0n) is 12.3. The van der Waals surface area contributed by atoms with Crippen molar-refractivity contribution in [3.05, 3.63) is 28.8 Å². The van der Waals surface area contributed by atoms with Crippen molar-refractivity contribution < 1.29 is 15.0 Å². The van der Waals surface area contributed by atoms with Crippen LogP contribution in [-0.4, -0.2) is 35.2 Å². The molecule has 0 amide bonds. The van der Waals surface area contributed by atoms with Crippen molar-refractivity contribution in [1.29, 1.82) is 0 Å². The maximum absolute atomic E-state index is 11.0. The Morgan fingerprint density at radius 2 is 1.89 bits per heavy atom. The molecule has 0 saturated carbocycles. The predicted octanol–water partition coefficient (Wildman–Crippen LogP) is 2.51. The number of aliphatic carboxylic acids is 1. The molecule has 1 aromatic carbocycles. The van der Waals surface area contributed by atoms with Gasteiger partial charge in [-0.25, -0.2) is 0 Å². The molecule has 0 saturated heterocycles. The Hall–Kier alpha value is -1.55. The molecule has 0 spiro atoms. The summed E-state index contributed by atoms with van der Waals surface area (Å²) in [4.78, 5) is 12.9. The van der Waals surface area contributed by atoms with Gasteiger partial charge in [0.15, 0.2) is 0 Å². The average Bonchev–Trinajstić information content (AvgIpc) is 2.20. The van der Waals surface area contributed by atoms with Crippen LogP contribution in [-0.2, 0) is 16.8 Å². The molecule has 19 heavy (non-hydrogen) atoms. The number of hydrogen-bond acceptors (Lipinski definition) is 3. The maximum atomic E-state index is 11.0. The van der Waals surface area contributed by atoms with Crippen molar-refractivity contribution in [3.8, 4) is 5.75 Å². The molecule has 4 heteroatoms. The van der Waals surface area contributed by atoms with E-state index in [2.05, 4.69) is 0 Å². The van der Waals surface area contributed by atoms with E-state index in [1.807, 2.05) is 51.9 Å². The fraction of sp³-hybridized carbons (Fsp3) is 0.533.